The molecule has 21 heteroatoms. The minimum absolute atomic E-state index is 0.375. The molecule has 266 valence electrons. The zero-order valence-corrected chi connectivity index (χ0v) is 24.6. The Labute approximate surface area is 269 Å². The fraction of sp³-hybridized carbons (Fsp3) is 0.321. The molecule has 0 aromatic carbocycles. The van der Waals surface area contributed by atoms with E-state index in [1.165, 1.54) is 12.0 Å². The third kappa shape index (κ3) is 13.7. The Bertz CT molecular complexity index is 1610. The van der Waals surface area contributed by atoms with Crippen LogP contribution in [0.2, 0.25) is 0 Å². The Morgan fingerprint density at radius 2 is 1.18 bits per heavy atom. The van der Waals surface area contributed by atoms with Crippen molar-refractivity contribution in [2.45, 2.75) is 43.8 Å². The molecule has 1 unspecified atom stereocenters. The van der Waals surface area contributed by atoms with Gasteiger partial charge in [-0.25, -0.2) is 23.9 Å². The van der Waals surface area contributed by atoms with Crippen LogP contribution in [0.4, 0.5) is 39.5 Å². The van der Waals surface area contributed by atoms with Crippen LogP contribution in [0.25, 0.3) is 16.8 Å². The number of aromatic nitrogens is 5. The van der Waals surface area contributed by atoms with E-state index < -0.39 is 36.4 Å². The number of carboxylic acids is 3. The number of nitrogens with zero attached hydrogens (tertiary/aromatic N) is 6. The minimum Gasteiger partial charge on any atom is -0.475 e. The van der Waals surface area contributed by atoms with Crippen molar-refractivity contribution in [2.75, 3.05) is 13.1 Å². The molecule has 0 saturated carbocycles. The van der Waals surface area contributed by atoms with Gasteiger partial charge in [0.15, 0.2) is 11.5 Å². The normalized spacial score (nSPS) is 15.0. The predicted octanol–water partition coefficient (Wildman–Crippen LogP) is 5.47. The molecule has 0 radical (unpaired) electrons. The number of hydrogen-bond acceptors (Lipinski definition) is 8. The van der Waals surface area contributed by atoms with Crippen molar-refractivity contribution < 1.29 is 69.2 Å². The van der Waals surface area contributed by atoms with Crippen LogP contribution in [-0.4, -0.2) is 94.3 Å². The first-order chi connectivity index (χ1) is 22.7. The third-order valence-electron chi connectivity index (χ3n) is 6.11. The number of alkyl halides is 9. The average molecular weight is 713 g/mol. The second-order valence-corrected chi connectivity index (χ2v) is 9.76. The summed E-state index contributed by atoms with van der Waals surface area (Å²) in [5, 5.41) is 26.2. The summed E-state index contributed by atoms with van der Waals surface area (Å²) in [5.41, 5.74) is 4.46. The summed E-state index contributed by atoms with van der Waals surface area (Å²) in [4.78, 5) is 42.2. The van der Waals surface area contributed by atoms with Crippen molar-refractivity contribution in [1.29, 1.82) is 0 Å². The summed E-state index contributed by atoms with van der Waals surface area (Å²) in [6.07, 6.45) is -3.54. The van der Waals surface area contributed by atoms with Gasteiger partial charge in [0.05, 0.1) is 0 Å². The molecule has 5 heterocycles. The van der Waals surface area contributed by atoms with Gasteiger partial charge in [-0.05, 0) is 66.9 Å². The maximum absolute atomic E-state index is 10.6. The van der Waals surface area contributed by atoms with E-state index >= 15 is 0 Å². The van der Waals surface area contributed by atoms with Crippen LogP contribution in [-0.2, 0) is 20.9 Å². The molecule has 1 fully saturated rings. The SMILES string of the molecule is O=C(O)C(F)(F)F.O=C(O)C(F)(F)F.O=C(O)C(F)(F)F.c1cc(CN2CCCC(c3nc4ccc(-c5ccncc5)cn4n3)C2)ccn1. The van der Waals surface area contributed by atoms with Crippen LogP contribution >= 0.6 is 0 Å². The molecule has 1 atom stereocenters. The van der Waals surface area contributed by atoms with Crippen LogP contribution < -0.4 is 0 Å². The fourth-order valence-electron chi connectivity index (χ4n) is 3.94. The fourth-order valence-corrected chi connectivity index (χ4v) is 3.94. The van der Waals surface area contributed by atoms with Crippen molar-refractivity contribution in [3.05, 3.63) is 78.8 Å². The van der Waals surface area contributed by atoms with E-state index in [2.05, 4.69) is 39.3 Å². The van der Waals surface area contributed by atoms with Crippen molar-refractivity contribution >= 4 is 23.6 Å². The highest BCUT2D eigenvalue weighted by atomic mass is 19.4. The molecule has 5 rings (SSSR count). The first-order valence-electron chi connectivity index (χ1n) is 13.5. The van der Waals surface area contributed by atoms with E-state index in [0.29, 0.717) is 5.92 Å². The topological polar surface area (TPSA) is 171 Å². The summed E-state index contributed by atoms with van der Waals surface area (Å²) < 4.78 is 97.1. The van der Waals surface area contributed by atoms with Crippen LogP contribution in [0.1, 0.15) is 30.1 Å². The van der Waals surface area contributed by atoms with Crippen LogP contribution in [0.5, 0.6) is 0 Å². The molecule has 1 aliphatic rings. The van der Waals surface area contributed by atoms with Gasteiger partial charge in [-0.1, -0.05) is 0 Å². The Morgan fingerprint density at radius 3 is 1.65 bits per heavy atom. The first-order valence-corrected chi connectivity index (χ1v) is 13.5. The number of pyridine rings is 3. The number of rotatable bonds is 4. The smallest absolute Gasteiger partial charge is 0.475 e. The molecule has 0 bridgehead atoms. The van der Waals surface area contributed by atoms with Gasteiger partial charge in [-0.15, -0.1) is 0 Å². The molecular formula is C28H25F9N6O6. The maximum atomic E-state index is 10.6. The van der Waals surface area contributed by atoms with E-state index in [-0.39, 0.29) is 0 Å². The second-order valence-electron chi connectivity index (χ2n) is 9.76. The van der Waals surface area contributed by atoms with Crippen molar-refractivity contribution in [3.8, 4) is 11.1 Å². The quantitative estimate of drug-likeness (QED) is 0.230. The molecule has 4 aromatic heterocycles. The highest BCUT2D eigenvalue weighted by Crippen LogP contribution is 2.27. The molecule has 1 aliphatic heterocycles. The van der Waals surface area contributed by atoms with Gasteiger partial charge >= 0.3 is 36.4 Å². The Kier molecular flexibility index (Phi) is 14.0. The van der Waals surface area contributed by atoms with E-state index in [4.69, 9.17) is 39.8 Å². The lowest BCUT2D eigenvalue weighted by atomic mass is 9.97. The van der Waals surface area contributed by atoms with Crippen LogP contribution in [0.15, 0.2) is 67.4 Å². The van der Waals surface area contributed by atoms with Crippen LogP contribution in [0.3, 0.4) is 0 Å². The lowest BCUT2D eigenvalue weighted by molar-refractivity contribution is -0.193. The van der Waals surface area contributed by atoms with Gasteiger partial charge in [0.1, 0.15) is 0 Å². The zero-order chi connectivity index (χ0) is 37.0. The van der Waals surface area contributed by atoms with Crippen molar-refractivity contribution in [3.63, 3.8) is 0 Å². The Hall–Kier alpha value is -5.34. The molecule has 0 spiro atoms. The van der Waals surface area contributed by atoms with Crippen molar-refractivity contribution in [1.82, 2.24) is 29.5 Å². The molecule has 4 aromatic rings. The minimum atomic E-state index is -5.08. The highest BCUT2D eigenvalue weighted by molar-refractivity contribution is 5.73. The molecular weight excluding hydrogens is 687 g/mol. The lowest BCUT2D eigenvalue weighted by Gasteiger charge is -2.31. The molecule has 3 N–H and O–H groups in total. The maximum Gasteiger partial charge on any atom is 0.490 e. The summed E-state index contributed by atoms with van der Waals surface area (Å²) in [6.45, 7) is 3.08. The second kappa shape index (κ2) is 17.2. The zero-order valence-electron chi connectivity index (χ0n) is 24.6. The summed E-state index contributed by atoms with van der Waals surface area (Å²) in [5.74, 6) is -6.95. The predicted molar refractivity (Wildman–Crippen MR) is 149 cm³/mol. The molecule has 0 aliphatic carbocycles. The largest absolute Gasteiger partial charge is 0.490 e. The number of piperidine rings is 1. The molecule has 0 amide bonds. The van der Waals surface area contributed by atoms with Gasteiger partial charge in [-0.3, -0.25) is 14.9 Å². The van der Waals surface area contributed by atoms with Crippen molar-refractivity contribution in [2.24, 2.45) is 0 Å². The molecule has 49 heavy (non-hydrogen) atoms. The van der Waals surface area contributed by atoms with E-state index in [0.717, 1.165) is 48.7 Å². The van der Waals surface area contributed by atoms with Gasteiger partial charge in [-0.2, -0.15) is 44.6 Å². The molecule has 12 nitrogen and oxygen atoms in total. The Morgan fingerprint density at radius 1 is 0.714 bits per heavy atom. The first kappa shape index (κ1) is 39.8. The number of aliphatic carboxylic acids is 3. The molecule has 1 saturated heterocycles. The van der Waals surface area contributed by atoms with Crippen LogP contribution in [0, 0.1) is 0 Å². The lowest BCUT2D eigenvalue weighted by Crippen LogP contribution is -2.34. The average Bonchev–Trinajstić information content (AvgIpc) is 3.45. The van der Waals surface area contributed by atoms with E-state index in [1.807, 2.05) is 47.5 Å². The summed E-state index contributed by atoms with van der Waals surface area (Å²) >= 11 is 0. The highest BCUT2D eigenvalue weighted by Gasteiger charge is 2.39. The summed E-state index contributed by atoms with van der Waals surface area (Å²) in [6, 6.07) is 12.3. The number of likely N-dealkylation sites (tertiary alicyclic amines) is 1. The number of hydrogen-bond donors (Lipinski definition) is 3. The number of carbonyl (C=O) groups is 3. The standard InChI is InChI=1S/C22H22N6.3C2HF3O2/c1-2-20(15-27(13-1)14-17-5-9-23-10-6-17)22-25-21-4-3-19(16-28(21)26-22)18-7-11-24-12-8-18;3*3-2(4,5)1(6)7/h3-12,16,20H,1-2,13-15H2;3*(H,6,7). The van der Waals surface area contributed by atoms with E-state index in [1.54, 1.807) is 0 Å². The monoisotopic (exact) mass is 712 g/mol. The van der Waals surface area contributed by atoms with Gasteiger partial charge < -0.3 is 15.3 Å². The number of carboxylic acid groups (broad SMARTS) is 3. The van der Waals surface area contributed by atoms with E-state index in [9.17, 15) is 39.5 Å². The van der Waals surface area contributed by atoms with Gasteiger partial charge in [0.2, 0.25) is 0 Å². The number of fused-ring (bicyclic) bond motifs is 1. The van der Waals surface area contributed by atoms with Gasteiger partial charge in [0.25, 0.3) is 0 Å². The summed E-state index contributed by atoms with van der Waals surface area (Å²) in [7, 11) is 0. The van der Waals surface area contributed by atoms with Gasteiger partial charge in [0, 0.05) is 55.6 Å². The third-order valence-corrected chi connectivity index (χ3v) is 6.11. The Balaban J connectivity index is 0.000000325. The number of halogens is 9.